The minimum absolute atomic E-state index is 0.0926. The molecular formula is C14H19NO2S. The smallest absolute Gasteiger partial charge is 0.253 e. The number of rotatable bonds is 2. The van der Waals surface area contributed by atoms with Gasteiger partial charge >= 0.3 is 0 Å². The van der Waals surface area contributed by atoms with E-state index in [4.69, 9.17) is 0 Å². The van der Waals surface area contributed by atoms with Crippen molar-refractivity contribution in [1.82, 2.24) is 4.90 Å². The van der Waals surface area contributed by atoms with Gasteiger partial charge in [0, 0.05) is 40.6 Å². The zero-order valence-electron chi connectivity index (χ0n) is 10.9. The monoisotopic (exact) mass is 265 g/mol. The summed E-state index contributed by atoms with van der Waals surface area (Å²) in [4.78, 5) is 15.0. The third-order valence-electron chi connectivity index (χ3n) is 3.38. The Morgan fingerprint density at radius 2 is 2.00 bits per heavy atom. The highest BCUT2D eigenvalue weighted by atomic mass is 32.2. The van der Waals surface area contributed by atoms with Crippen molar-refractivity contribution in [2.45, 2.75) is 24.7 Å². The van der Waals surface area contributed by atoms with Crippen LogP contribution in [0, 0.1) is 5.92 Å². The SMILES string of the molecule is CC1CCCN(C(=O)c2ccc(S(C)=O)cc2)C1. The fraction of sp³-hybridized carbons (Fsp3) is 0.500. The quantitative estimate of drug-likeness (QED) is 0.823. The first kappa shape index (κ1) is 13.3. The van der Waals surface area contributed by atoms with Crippen LogP contribution in [0.15, 0.2) is 29.2 Å². The van der Waals surface area contributed by atoms with Crippen LogP contribution in [0.1, 0.15) is 30.1 Å². The van der Waals surface area contributed by atoms with Gasteiger partial charge < -0.3 is 4.90 Å². The molecule has 2 atom stereocenters. The normalized spacial score (nSPS) is 21.7. The molecule has 1 fully saturated rings. The van der Waals surface area contributed by atoms with Gasteiger partial charge in [0.05, 0.1) is 0 Å². The summed E-state index contributed by atoms with van der Waals surface area (Å²) < 4.78 is 11.3. The van der Waals surface area contributed by atoms with Gasteiger partial charge in [-0.2, -0.15) is 0 Å². The van der Waals surface area contributed by atoms with Crippen LogP contribution >= 0.6 is 0 Å². The predicted octanol–water partition coefficient (Wildman–Crippen LogP) is 2.30. The van der Waals surface area contributed by atoms with Crippen molar-refractivity contribution in [2.75, 3.05) is 19.3 Å². The third-order valence-corrected chi connectivity index (χ3v) is 4.31. The molecule has 98 valence electrons. The fourth-order valence-corrected chi connectivity index (χ4v) is 2.86. The maximum Gasteiger partial charge on any atom is 0.253 e. The molecule has 1 saturated heterocycles. The molecule has 0 radical (unpaired) electrons. The van der Waals surface area contributed by atoms with Crippen LogP contribution in [0.2, 0.25) is 0 Å². The second-order valence-corrected chi connectivity index (χ2v) is 6.36. The van der Waals surface area contributed by atoms with Crippen molar-refractivity contribution in [1.29, 1.82) is 0 Å². The van der Waals surface area contributed by atoms with E-state index in [-0.39, 0.29) is 5.91 Å². The third kappa shape index (κ3) is 2.99. The van der Waals surface area contributed by atoms with Crippen molar-refractivity contribution in [2.24, 2.45) is 5.92 Å². The van der Waals surface area contributed by atoms with Crippen LogP contribution in [-0.4, -0.2) is 34.4 Å². The predicted molar refractivity (Wildman–Crippen MR) is 73.1 cm³/mol. The van der Waals surface area contributed by atoms with Gasteiger partial charge in [0.1, 0.15) is 0 Å². The summed E-state index contributed by atoms with van der Waals surface area (Å²) in [7, 11) is -0.986. The second kappa shape index (κ2) is 5.65. The number of piperidine rings is 1. The van der Waals surface area contributed by atoms with Gasteiger partial charge in [-0.1, -0.05) is 6.92 Å². The number of nitrogens with zero attached hydrogens (tertiary/aromatic N) is 1. The highest BCUT2D eigenvalue weighted by molar-refractivity contribution is 7.84. The molecule has 2 unspecified atom stereocenters. The van der Waals surface area contributed by atoms with Gasteiger partial charge in [0.2, 0.25) is 0 Å². The molecule has 3 nitrogen and oxygen atoms in total. The van der Waals surface area contributed by atoms with Crippen molar-refractivity contribution in [3.8, 4) is 0 Å². The molecule has 1 heterocycles. The van der Waals surface area contributed by atoms with Crippen molar-refractivity contribution < 1.29 is 9.00 Å². The molecular weight excluding hydrogens is 246 g/mol. The molecule has 18 heavy (non-hydrogen) atoms. The van der Waals surface area contributed by atoms with Gasteiger partial charge in [-0.05, 0) is 43.0 Å². The van der Waals surface area contributed by atoms with Gasteiger partial charge in [-0.25, -0.2) is 0 Å². The van der Waals surface area contributed by atoms with Crippen molar-refractivity contribution in [3.63, 3.8) is 0 Å². The maximum absolute atomic E-state index is 12.3. The number of hydrogen-bond acceptors (Lipinski definition) is 2. The van der Waals surface area contributed by atoms with Gasteiger partial charge in [-0.15, -0.1) is 0 Å². The lowest BCUT2D eigenvalue weighted by atomic mass is 9.99. The Morgan fingerprint density at radius 1 is 1.33 bits per heavy atom. The molecule has 2 rings (SSSR count). The summed E-state index contributed by atoms with van der Waals surface area (Å²) in [5, 5.41) is 0. The Balaban J connectivity index is 2.10. The Kier molecular flexibility index (Phi) is 4.17. The molecule has 1 aromatic rings. The summed E-state index contributed by atoms with van der Waals surface area (Å²) in [5.74, 6) is 0.681. The average Bonchev–Trinajstić information content (AvgIpc) is 2.38. The van der Waals surface area contributed by atoms with Crippen molar-refractivity contribution in [3.05, 3.63) is 29.8 Å². The molecule has 0 aromatic heterocycles. The lowest BCUT2D eigenvalue weighted by molar-refractivity contribution is 0.0683. The summed E-state index contributed by atoms with van der Waals surface area (Å²) in [6.07, 6.45) is 3.94. The first-order valence-electron chi connectivity index (χ1n) is 6.30. The van der Waals surface area contributed by atoms with E-state index in [9.17, 15) is 9.00 Å². The topological polar surface area (TPSA) is 37.4 Å². The maximum atomic E-state index is 12.3. The highest BCUT2D eigenvalue weighted by Crippen LogP contribution is 2.18. The van der Waals surface area contributed by atoms with E-state index >= 15 is 0 Å². The zero-order valence-corrected chi connectivity index (χ0v) is 11.7. The lowest BCUT2D eigenvalue weighted by Crippen LogP contribution is -2.39. The standard InChI is InChI=1S/C14H19NO2S/c1-11-4-3-9-15(10-11)14(16)12-5-7-13(8-6-12)18(2)17/h5-8,11H,3-4,9-10H2,1-2H3. The number of amides is 1. The highest BCUT2D eigenvalue weighted by Gasteiger charge is 2.21. The Hall–Kier alpha value is -1.16. The number of hydrogen-bond donors (Lipinski definition) is 0. The van der Waals surface area contributed by atoms with E-state index in [1.165, 1.54) is 6.42 Å². The molecule has 0 spiro atoms. The first-order chi connectivity index (χ1) is 8.58. The van der Waals surface area contributed by atoms with E-state index in [0.29, 0.717) is 11.5 Å². The molecule has 4 heteroatoms. The molecule has 0 bridgehead atoms. The van der Waals surface area contributed by atoms with E-state index in [2.05, 4.69) is 6.92 Å². The van der Waals surface area contributed by atoms with Gasteiger partial charge in [0.25, 0.3) is 5.91 Å². The minimum Gasteiger partial charge on any atom is -0.338 e. The molecule has 1 amide bonds. The van der Waals surface area contributed by atoms with Crippen LogP contribution in [0.5, 0.6) is 0 Å². The molecule has 0 N–H and O–H groups in total. The number of benzene rings is 1. The zero-order chi connectivity index (χ0) is 13.1. The summed E-state index contributed by atoms with van der Waals surface area (Å²) in [6, 6.07) is 7.10. The average molecular weight is 265 g/mol. The second-order valence-electron chi connectivity index (χ2n) is 4.98. The van der Waals surface area contributed by atoms with Crippen molar-refractivity contribution >= 4 is 16.7 Å². The Bertz CT molecular complexity index is 455. The van der Waals surface area contributed by atoms with Gasteiger partial charge in [-0.3, -0.25) is 9.00 Å². The van der Waals surface area contributed by atoms with E-state index in [1.807, 2.05) is 4.90 Å². The van der Waals surface area contributed by atoms with E-state index < -0.39 is 10.8 Å². The van der Waals surface area contributed by atoms with E-state index in [1.54, 1.807) is 30.5 Å². The van der Waals surface area contributed by atoms with Crippen LogP contribution in [0.25, 0.3) is 0 Å². The van der Waals surface area contributed by atoms with Crippen LogP contribution in [0.4, 0.5) is 0 Å². The molecule has 0 aliphatic carbocycles. The summed E-state index contributed by atoms with van der Waals surface area (Å²) in [5.41, 5.74) is 0.693. The van der Waals surface area contributed by atoms with Crippen LogP contribution in [0.3, 0.4) is 0 Å². The van der Waals surface area contributed by atoms with Crippen LogP contribution < -0.4 is 0 Å². The molecule has 0 saturated carbocycles. The summed E-state index contributed by atoms with van der Waals surface area (Å²) in [6.45, 7) is 3.88. The van der Waals surface area contributed by atoms with E-state index in [0.717, 1.165) is 24.4 Å². The Labute approximate surface area is 111 Å². The molecule has 1 aliphatic heterocycles. The first-order valence-corrected chi connectivity index (χ1v) is 7.86. The number of likely N-dealkylation sites (tertiary alicyclic amines) is 1. The number of carbonyl (C=O) groups is 1. The lowest BCUT2D eigenvalue weighted by Gasteiger charge is -2.31. The fourth-order valence-electron chi connectivity index (χ4n) is 2.35. The minimum atomic E-state index is -0.986. The largest absolute Gasteiger partial charge is 0.338 e. The van der Waals surface area contributed by atoms with Gasteiger partial charge in [0.15, 0.2) is 0 Å². The summed E-state index contributed by atoms with van der Waals surface area (Å²) >= 11 is 0. The molecule has 1 aliphatic rings. The Morgan fingerprint density at radius 3 is 2.56 bits per heavy atom. The number of carbonyl (C=O) groups excluding carboxylic acids is 1. The van der Waals surface area contributed by atoms with Crippen LogP contribution in [-0.2, 0) is 10.8 Å². The molecule has 1 aromatic carbocycles.